The zero-order chi connectivity index (χ0) is 23.0. The van der Waals surface area contributed by atoms with Crippen molar-refractivity contribution in [3.8, 4) is 0 Å². The van der Waals surface area contributed by atoms with Crippen molar-refractivity contribution in [1.82, 2.24) is 20.2 Å². The number of fused-ring (bicyclic) bond motifs is 3. The third kappa shape index (κ3) is 4.00. The first-order valence-electron chi connectivity index (χ1n) is 10.8. The summed E-state index contributed by atoms with van der Waals surface area (Å²) in [5.41, 5.74) is 2.27. The van der Waals surface area contributed by atoms with E-state index in [9.17, 15) is 14.4 Å². The molecule has 32 heavy (non-hydrogen) atoms. The van der Waals surface area contributed by atoms with Gasteiger partial charge in [-0.15, -0.1) is 11.3 Å². The van der Waals surface area contributed by atoms with E-state index in [-0.39, 0.29) is 29.7 Å². The number of nitrogens with zero attached hydrogens (tertiary/aromatic N) is 2. The number of hydrogen-bond acceptors (Lipinski definition) is 5. The molecule has 3 N–H and O–H groups in total. The third-order valence-corrected chi connectivity index (χ3v) is 6.76. The van der Waals surface area contributed by atoms with Crippen LogP contribution in [0, 0.1) is 0 Å². The molecule has 168 valence electrons. The second kappa shape index (κ2) is 8.74. The molecule has 1 aliphatic rings. The van der Waals surface area contributed by atoms with Gasteiger partial charge in [-0.25, -0.2) is 4.98 Å². The molecule has 1 aromatic carbocycles. The van der Waals surface area contributed by atoms with Gasteiger partial charge in [-0.2, -0.15) is 0 Å². The summed E-state index contributed by atoms with van der Waals surface area (Å²) in [7, 11) is 0. The number of nitrogens with one attached hydrogen (secondary N) is 3. The van der Waals surface area contributed by atoms with E-state index in [0.717, 1.165) is 22.2 Å². The quantitative estimate of drug-likeness (QED) is 0.526. The van der Waals surface area contributed by atoms with E-state index >= 15 is 0 Å². The van der Waals surface area contributed by atoms with Crippen LogP contribution in [0.15, 0.2) is 24.3 Å². The summed E-state index contributed by atoms with van der Waals surface area (Å²) >= 11 is 1.32. The van der Waals surface area contributed by atoms with Crippen LogP contribution >= 0.6 is 11.3 Å². The lowest BCUT2D eigenvalue weighted by atomic mass is 10.1. The van der Waals surface area contributed by atoms with Gasteiger partial charge in [0.1, 0.15) is 11.4 Å². The Hall–Kier alpha value is -3.20. The Bertz CT molecular complexity index is 1210. The van der Waals surface area contributed by atoms with Gasteiger partial charge in [0, 0.05) is 40.5 Å². The number of thiazole rings is 1. The SMILES string of the molecule is CCCNC(=O)c1nc(NC(=O)c2ccc3cc4n(c3c2)C(C)CNC4=O)sc1C(C)C. The molecular formula is C23H27N5O3S. The van der Waals surface area contributed by atoms with Crippen LogP contribution in [0.1, 0.15) is 82.3 Å². The maximum absolute atomic E-state index is 13.0. The summed E-state index contributed by atoms with van der Waals surface area (Å²) in [6.07, 6.45) is 0.836. The van der Waals surface area contributed by atoms with Crippen molar-refractivity contribution in [3.05, 3.63) is 46.1 Å². The van der Waals surface area contributed by atoms with Gasteiger partial charge >= 0.3 is 0 Å². The highest BCUT2D eigenvalue weighted by Gasteiger charge is 2.25. The van der Waals surface area contributed by atoms with Crippen LogP contribution in [0.3, 0.4) is 0 Å². The number of hydrogen-bond donors (Lipinski definition) is 3. The molecule has 0 fully saturated rings. The van der Waals surface area contributed by atoms with Crippen molar-refractivity contribution < 1.29 is 14.4 Å². The molecule has 1 aliphatic heterocycles. The lowest BCUT2D eigenvalue weighted by molar-refractivity contribution is 0.0917. The average molecular weight is 454 g/mol. The molecule has 0 aliphatic carbocycles. The predicted octanol–water partition coefficient (Wildman–Crippen LogP) is 3.92. The van der Waals surface area contributed by atoms with Gasteiger partial charge in [0.2, 0.25) is 0 Å². The molecule has 9 heteroatoms. The number of benzene rings is 1. The number of rotatable bonds is 6. The van der Waals surface area contributed by atoms with Gasteiger partial charge in [-0.3, -0.25) is 19.7 Å². The Morgan fingerprint density at radius 2 is 2.06 bits per heavy atom. The standard InChI is InChI=1S/C23H27N5O3S/c1-5-8-24-22(31)18-19(12(2)3)32-23(26-18)27-20(29)15-7-6-14-9-17-21(30)25-11-13(4)28(17)16(14)10-15/h6-7,9-10,12-13H,5,8,11H2,1-4H3,(H,24,31)(H,25,30)(H,26,27,29). The van der Waals surface area contributed by atoms with E-state index in [4.69, 9.17) is 0 Å². The van der Waals surface area contributed by atoms with Crippen LogP contribution in [0.5, 0.6) is 0 Å². The van der Waals surface area contributed by atoms with Crippen LogP contribution in [0.2, 0.25) is 0 Å². The summed E-state index contributed by atoms with van der Waals surface area (Å²) in [6, 6.07) is 7.32. The average Bonchev–Trinajstić information content (AvgIpc) is 3.36. The number of amides is 3. The summed E-state index contributed by atoms with van der Waals surface area (Å²) in [4.78, 5) is 43.0. The van der Waals surface area contributed by atoms with Gasteiger partial charge < -0.3 is 15.2 Å². The third-order valence-electron chi connectivity index (χ3n) is 5.48. The normalized spacial score (nSPS) is 15.5. The Labute approximate surface area is 190 Å². The minimum atomic E-state index is -0.306. The van der Waals surface area contributed by atoms with Crippen LogP contribution in [-0.2, 0) is 0 Å². The Balaban J connectivity index is 1.62. The van der Waals surface area contributed by atoms with Crippen LogP contribution in [-0.4, -0.2) is 40.4 Å². The van der Waals surface area contributed by atoms with Crippen molar-refractivity contribution in [2.75, 3.05) is 18.4 Å². The number of carbonyl (C=O) groups excluding carboxylic acids is 3. The molecule has 1 unspecified atom stereocenters. The highest BCUT2D eigenvalue weighted by molar-refractivity contribution is 7.16. The van der Waals surface area contributed by atoms with Crippen molar-refractivity contribution in [3.63, 3.8) is 0 Å². The number of aromatic nitrogens is 2. The number of anilines is 1. The molecule has 2 aromatic heterocycles. The monoisotopic (exact) mass is 453 g/mol. The zero-order valence-corrected chi connectivity index (χ0v) is 19.4. The topological polar surface area (TPSA) is 105 Å². The summed E-state index contributed by atoms with van der Waals surface area (Å²) in [5.74, 6) is -0.527. The largest absolute Gasteiger partial charge is 0.351 e. The minimum Gasteiger partial charge on any atom is -0.351 e. The van der Waals surface area contributed by atoms with Gasteiger partial charge in [0.05, 0.1) is 0 Å². The molecule has 4 rings (SSSR count). The van der Waals surface area contributed by atoms with Crippen molar-refractivity contribution in [2.45, 2.75) is 46.1 Å². The highest BCUT2D eigenvalue weighted by atomic mass is 32.1. The first-order chi connectivity index (χ1) is 15.3. The van der Waals surface area contributed by atoms with Crippen LogP contribution < -0.4 is 16.0 Å². The summed E-state index contributed by atoms with van der Waals surface area (Å²) in [6.45, 7) is 9.14. The lowest BCUT2D eigenvalue weighted by Crippen LogP contribution is -2.37. The molecule has 3 aromatic rings. The molecule has 0 saturated heterocycles. The molecule has 3 amide bonds. The van der Waals surface area contributed by atoms with Crippen molar-refractivity contribution in [1.29, 1.82) is 0 Å². The van der Waals surface area contributed by atoms with Crippen molar-refractivity contribution >= 4 is 45.1 Å². The Morgan fingerprint density at radius 3 is 2.78 bits per heavy atom. The lowest BCUT2D eigenvalue weighted by Gasteiger charge is -2.24. The first kappa shape index (κ1) is 22.0. The predicted molar refractivity (Wildman–Crippen MR) is 126 cm³/mol. The van der Waals surface area contributed by atoms with E-state index in [1.165, 1.54) is 11.3 Å². The molecular weight excluding hydrogens is 426 g/mol. The molecule has 3 heterocycles. The summed E-state index contributed by atoms with van der Waals surface area (Å²) < 4.78 is 1.97. The maximum Gasteiger partial charge on any atom is 0.271 e. The second-order valence-corrected chi connectivity index (χ2v) is 9.36. The molecule has 0 spiro atoms. The van der Waals surface area contributed by atoms with Gasteiger partial charge in [-0.1, -0.05) is 26.8 Å². The molecule has 0 radical (unpaired) electrons. The zero-order valence-electron chi connectivity index (χ0n) is 18.6. The summed E-state index contributed by atoms with van der Waals surface area (Å²) in [5, 5.41) is 9.88. The molecule has 8 nitrogen and oxygen atoms in total. The fourth-order valence-corrected chi connectivity index (χ4v) is 4.82. The molecule has 0 bridgehead atoms. The van der Waals surface area contributed by atoms with Gasteiger partial charge in [-0.05, 0) is 37.5 Å². The second-order valence-electron chi connectivity index (χ2n) is 8.33. The van der Waals surface area contributed by atoms with Gasteiger partial charge in [0.15, 0.2) is 5.13 Å². The fourth-order valence-electron chi connectivity index (χ4n) is 3.87. The van der Waals surface area contributed by atoms with Crippen LogP contribution in [0.25, 0.3) is 10.9 Å². The first-order valence-corrected chi connectivity index (χ1v) is 11.6. The van der Waals surface area contributed by atoms with E-state index in [0.29, 0.717) is 35.2 Å². The molecule has 0 saturated carbocycles. The Morgan fingerprint density at radius 1 is 1.28 bits per heavy atom. The maximum atomic E-state index is 13.0. The minimum absolute atomic E-state index is 0.0928. The Kier molecular flexibility index (Phi) is 6.01. The van der Waals surface area contributed by atoms with E-state index in [1.807, 2.05) is 44.4 Å². The highest BCUT2D eigenvalue weighted by Crippen LogP contribution is 2.31. The number of carbonyl (C=O) groups is 3. The van der Waals surface area contributed by atoms with E-state index in [1.54, 1.807) is 12.1 Å². The van der Waals surface area contributed by atoms with Crippen molar-refractivity contribution in [2.24, 2.45) is 0 Å². The van der Waals surface area contributed by atoms with E-state index < -0.39 is 0 Å². The fraction of sp³-hybridized carbons (Fsp3) is 0.391. The van der Waals surface area contributed by atoms with E-state index in [2.05, 4.69) is 20.9 Å². The van der Waals surface area contributed by atoms with Gasteiger partial charge in [0.25, 0.3) is 17.7 Å². The smallest absolute Gasteiger partial charge is 0.271 e. The van der Waals surface area contributed by atoms with Crippen LogP contribution in [0.4, 0.5) is 5.13 Å². The molecule has 1 atom stereocenters.